The van der Waals surface area contributed by atoms with Crippen molar-refractivity contribution in [2.45, 2.75) is 29.8 Å². The third-order valence-electron chi connectivity index (χ3n) is 6.13. The van der Waals surface area contributed by atoms with Crippen molar-refractivity contribution in [1.29, 1.82) is 0 Å². The molecule has 0 aliphatic rings. The number of methoxy groups -OCH3 is 1. The van der Waals surface area contributed by atoms with E-state index in [0.717, 1.165) is 16.7 Å². The number of carbonyl (C=O) groups is 2. The van der Waals surface area contributed by atoms with Crippen LogP contribution in [0.4, 0.5) is 4.79 Å². The van der Waals surface area contributed by atoms with Crippen molar-refractivity contribution in [3.05, 3.63) is 105 Å². The smallest absolute Gasteiger partial charge is 0.407 e. The van der Waals surface area contributed by atoms with Gasteiger partial charge in [0.05, 0.1) is 23.7 Å². The zero-order valence-electron chi connectivity index (χ0n) is 21.8. The maximum atomic E-state index is 13.6. The summed E-state index contributed by atoms with van der Waals surface area (Å²) in [4.78, 5) is 30.3. The van der Waals surface area contributed by atoms with Crippen molar-refractivity contribution in [3.8, 4) is 11.3 Å². The number of amides is 2. The topological polar surface area (TPSA) is 150 Å². The SMILES string of the molecule is COC(=O)N[C@@H](Cc1ccccc1)C(=O)N[C@@H](Cc1ccc(S(=O)(=O)ON)cc1)c1nc(-c2ccc(Cl)cc2)cs1. The van der Waals surface area contributed by atoms with Gasteiger partial charge in [0.15, 0.2) is 0 Å². The van der Waals surface area contributed by atoms with Crippen LogP contribution in [0.2, 0.25) is 5.02 Å². The van der Waals surface area contributed by atoms with Crippen LogP contribution in [0.25, 0.3) is 11.3 Å². The van der Waals surface area contributed by atoms with Crippen LogP contribution in [-0.2, 0) is 36.8 Å². The van der Waals surface area contributed by atoms with E-state index in [-0.39, 0.29) is 17.7 Å². The van der Waals surface area contributed by atoms with Gasteiger partial charge in [0, 0.05) is 22.4 Å². The lowest BCUT2D eigenvalue weighted by Crippen LogP contribution is -2.49. The third-order valence-corrected chi connectivity index (χ3v) is 8.44. The molecule has 4 aromatic rings. The summed E-state index contributed by atoms with van der Waals surface area (Å²) < 4.78 is 32.7. The fourth-order valence-corrected chi connectivity index (χ4v) is 5.60. The largest absolute Gasteiger partial charge is 0.453 e. The number of alkyl carbamates (subject to hydrolysis) is 1. The predicted molar refractivity (Wildman–Crippen MR) is 156 cm³/mol. The molecular formula is C28H27ClN4O6S2. The molecule has 1 heterocycles. The summed E-state index contributed by atoms with van der Waals surface area (Å²) in [6.07, 6.45) is -0.233. The molecule has 0 unspecified atom stereocenters. The molecule has 0 spiro atoms. The van der Waals surface area contributed by atoms with Crippen molar-refractivity contribution in [3.63, 3.8) is 0 Å². The van der Waals surface area contributed by atoms with Crippen LogP contribution in [0.1, 0.15) is 22.2 Å². The molecule has 0 aliphatic carbocycles. The number of carbonyl (C=O) groups excluding carboxylic acids is 2. The van der Waals surface area contributed by atoms with Gasteiger partial charge in [-0.1, -0.05) is 66.2 Å². The van der Waals surface area contributed by atoms with Crippen molar-refractivity contribution in [1.82, 2.24) is 15.6 Å². The molecule has 0 saturated heterocycles. The number of ether oxygens (including phenoxy) is 1. The van der Waals surface area contributed by atoms with Crippen LogP contribution in [-0.4, -0.2) is 38.6 Å². The molecule has 0 fully saturated rings. The van der Waals surface area contributed by atoms with Gasteiger partial charge in [-0.05, 0) is 41.8 Å². The Morgan fingerprint density at radius 3 is 2.24 bits per heavy atom. The number of hydrogen-bond acceptors (Lipinski definition) is 9. The monoisotopic (exact) mass is 614 g/mol. The van der Waals surface area contributed by atoms with Crippen LogP contribution >= 0.6 is 22.9 Å². The molecule has 10 nitrogen and oxygen atoms in total. The van der Waals surface area contributed by atoms with Crippen molar-refractivity contribution in [2.24, 2.45) is 5.90 Å². The Balaban J connectivity index is 1.63. The van der Waals surface area contributed by atoms with Gasteiger partial charge < -0.3 is 15.4 Å². The van der Waals surface area contributed by atoms with Crippen molar-refractivity contribution in [2.75, 3.05) is 7.11 Å². The lowest BCUT2D eigenvalue weighted by Gasteiger charge is -2.22. The van der Waals surface area contributed by atoms with E-state index < -0.39 is 34.2 Å². The zero-order valence-corrected chi connectivity index (χ0v) is 24.2. The lowest BCUT2D eigenvalue weighted by atomic mass is 10.0. The predicted octanol–water partition coefficient (Wildman–Crippen LogP) is 4.41. The Kier molecular flexibility index (Phi) is 10.1. The molecule has 41 heavy (non-hydrogen) atoms. The van der Waals surface area contributed by atoms with Gasteiger partial charge in [-0.25, -0.2) is 9.78 Å². The fourth-order valence-electron chi connectivity index (χ4n) is 4.02. The van der Waals surface area contributed by atoms with Gasteiger partial charge in [0.1, 0.15) is 11.0 Å². The first kappa shape index (κ1) is 30.2. The number of rotatable bonds is 11. The summed E-state index contributed by atoms with van der Waals surface area (Å²) in [5.74, 6) is 4.44. The highest BCUT2D eigenvalue weighted by Gasteiger charge is 2.27. The second-order valence-corrected chi connectivity index (χ2v) is 11.8. The molecule has 0 saturated carbocycles. The molecule has 13 heteroatoms. The number of aromatic nitrogens is 1. The summed E-state index contributed by atoms with van der Waals surface area (Å²) in [5, 5.41) is 8.71. The van der Waals surface area contributed by atoms with Crippen LogP contribution in [0.15, 0.2) is 89.1 Å². The van der Waals surface area contributed by atoms with Crippen LogP contribution in [0.3, 0.4) is 0 Å². The second kappa shape index (κ2) is 13.7. The molecule has 0 radical (unpaired) electrons. The number of benzene rings is 3. The molecule has 0 bridgehead atoms. The molecular weight excluding hydrogens is 588 g/mol. The first-order chi connectivity index (χ1) is 19.7. The Morgan fingerprint density at radius 1 is 0.951 bits per heavy atom. The summed E-state index contributed by atoms with van der Waals surface area (Å²) >= 11 is 7.39. The van der Waals surface area contributed by atoms with E-state index in [1.54, 1.807) is 24.3 Å². The summed E-state index contributed by atoms with van der Waals surface area (Å²) in [7, 11) is -2.84. The maximum absolute atomic E-state index is 13.6. The van der Waals surface area contributed by atoms with Gasteiger partial charge in [-0.15, -0.1) is 11.3 Å². The average Bonchev–Trinajstić information content (AvgIpc) is 3.48. The summed E-state index contributed by atoms with van der Waals surface area (Å²) in [5.41, 5.74) is 3.12. The van der Waals surface area contributed by atoms with E-state index in [1.807, 2.05) is 47.8 Å². The highest BCUT2D eigenvalue weighted by atomic mass is 35.5. The number of halogens is 1. The molecule has 3 aromatic carbocycles. The Labute approximate surface area is 246 Å². The lowest BCUT2D eigenvalue weighted by molar-refractivity contribution is -0.123. The zero-order chi connectivity index (χ0) is 29.4. The van der Waals surface area contributed by atoms with E-state index in [4.69, 9.17) is 27.2 Å². The third kappa shape index (κ3) is 8.12. The van der Waals surface area contributed by atoms with Gasteiger partial charge in [-0.3, -0.25) is 4.79 Å². The van der Waals surface area contributed by atoms with Gasteiger partial charge in [-0.2, -0.15) is 18.6 Å². The van der Waals surface area contributed by atoms with Crippen molar-refractivity contribution < 1.29 is 27.0 Å². The summed E-state index contributed by atoms with van der Waals surface area (Å²) in [6.45, 7) is 0. The minimum absolute atomic E-state index is 0.103. The quantitative estimate of drug-likeness (QED) is 0.210. The number of nitrogens with two attached hydrogens (primary N) is 1. The molecule has 0 aliphatic heterocycles. The molecule has 2 amide bonds. The van der Waals surface area contributed by atoms with Gasteiger partial charge in [0.2, 0.25) is 5.91 Å². The normalized spacial score (nSPS) is 12.8. The highest BCUT2D eigenvalue weighted by molar-refractivity contribution is 7.86. The first-order valence-electron chi connectivity index (χ1n) is 12.3. The molecule has 214 valence electrons. The van der Waals surface area contributed by atoms with Crippen molar-refractivity contribution >= 4 is 45.1 Å². The minimum atomic E-state index is -4.06. The number of nitrogens with zero attached hydrogens (tertiary/aromatic N) is 1. The molecule has 4 N–H and O–H groups in total. The van der Waals surface area contributed by atoms with Crippen LogP contribution in [0, 0.1) is 0 Å². The van der Waals surface area contributed by atoms with E-state index >= 15 is 0 Å². The molecule has 4 rings (SSSR count). The van der Waals surface area contributed by atoms with Crippen LogP contribution < -0.4 is 16.5 Å². The maximum Gasteiger partial charge on any atom is 0.407 e. The Morgan fingerprint density at radius 2 is 1.61 bits per heavy atom. The highest BCUT2D eigenvalue weighted by Crippen LogP contribution is 2.29. The standard InChI is InChI=1S/C28H27ClN4O6S2/c1-38-28(35)33-23(15-18-5-3-2-4-6-18)26(34)31-24(16-19-7-13-22(14-8-19)41(36,37)39-30)27-32-25(17-40-27)20-9-11-21(29)12-10-20/h2-14,17,23-24H,15-16,30H2,1H3,(H,31,34)(H,33,35)/t23-,24-/m0/s1. The van der Waals surface area contributed by atoms with Gasteiger partial charge >= 0.3 is 16.2 Å². The Bertz CT molecular complexity index is 1580. The average molecular weight is 615 g/mol. The number of hydrogen-bond donors (Lipinski definition) is 3. The first-order valence-corrected chi connectivity index (χ1v) is 15.0. The minimum Gasteiger partial charge on any atom is -0.453 e. The van der Waals surface area contributed by atoms with E-state index in [1.165, 1.54) is 30.6 Å². The number of nitrogens with one attached hydrogen (secondary N) is 2. The van der Waals surface area contributed by atoms with E-state index in [9.17, 15) is 18.0 Å². The van der Waals surface area contributed by atoms with Gasteiger partial charge in [0.25, 0.3) is 0 Å². The molecule has 1 aromatic heterocycles. The Hall–Kier alpha value is -3.81. The second-order valence-electron chi connectivity index (χ2n) is 8.92. The fraction of sp³-hybridized carbons (Fsp3) is 0.179. The number of thiazole rings is 1. The van der Waals surface area contributed by atoms with E-state index in [2.05, 4.69) is 14.9 Å². The molecule has 2 atom stereocenters. The van der Waals surface area contributed by atoms with Crippen LogP contribution in [0.5, 0.6) is 0 Å². The van der Waals surface area contributed by atoms with E-state index in [0.29, 0.717) is 15.7 Å². The summed E-state index contributed by atoms with van der Waals surface area (Å²) in [6, 6.07) is 20.9.